The summed E-state index contributed by atoms with van der Waals surface area (Å²) in [6, 6.07) is 0.532. The Morgan fingerprint density at radius 2 is 1.95 bits per heavy atom. The van der Waals surface area contributed by atoms with Crippen molar-refractivity contribution in [3.05, 3.63) is 54.3 Å². The monoisotopic (exact) mass is 261 g/mol. The Morgan fingerprint density at radius 1 is 1.21 bits per heavy atom. The van der Waals surface area contributed by atoms with Crippen LogP contribution in [-0.2, 0) is 6.42 Å². The molecule has 0 aromatic carbocycles. The van der Waals surface area contributed by atoms with Gasteiger partial charge in [0.2, 0.25) is 0 Å². The van der Waals surface area contributed by atoms with E-state index < -0.39 is 0 Å². The number of nitrogens with one attached hydrogen (secondary N) is 2. The summed E-state index contributed by atoms with van der Waals surface area (Å²) >= 11 is 0. The Bertz CT molecular complexity index is 427. The summed E-state index contributed by atoms with van der Waals surface area (Å²) in [6.07, 6.45) is 15.3. The van der Waals surface area contributed by atoms with Crippen molar-refractivity contribution in [1.82, 2.24) is 15.3 Å². The third-order valence-corrected chi connectivity index (χ3v) is 3.10. The molecule has 1 aliphatic heterocycles. The molecule has 0 saturated heterocycles. The second kappa shape index (κ2) is 8.35. The van der Waals surface area contributed by atoms with Gasteiger partial charge in [-0.15, -0.1) is 0 Å². The molecule has 0 fully saturated rings. The summed E-state index contributed by atoms with van der Waals surface area (Å²) in [7, 11) is 0. The van der Waals surface area contributed by atoms with Gasteiger partial charge in [-0.1, -0.05) is 46.1 Å². The van der Waals surface area contributed by atoms with E-state index in [4.69, 9.17) is 0 Å². The highest BCUT2D eigenvalue weighted by atomic mass is 14.9. The molecule has 3 rings (SSSR count). The first kappa shape index (κ1) is 17.2. The molecule has 2 N–H and O–H groups in total. The molecule has 2 unspecified atom stereocenters. The Labute approximate surface area is 117 Å². The normalized spacial score (nSPS) is 21.9. The SMILES string of the molecule is C.C.CC1=CNC2C=CC=CC12.CCc1cnc[nH]1. The summed E-state index contributed by atoms with van der Waals surface area (Å²) in [4.78, 5) is 6.81. The molecular weight excluding hydrogens is 234 g/mol. The van der Waals surface area contributed by atoms with E-state index in [2.05, 4.69) is 59.6 Å². The number of H-pyrrole nitrogens is 1. The maximum absolute atomic E-state index is 3.84. The first-order chi connectivity index (χ1) is 8.31. The zero-order valence-electron chi connectivity index (χ0n) is 10.4. The van der Waals surface area contributed by atoms with Gasteiger partial charge in [-0.25, -0.2) is 4.98 Å². The number of aromatic nitrogens is 2. The largest absolute Gasteiger partial charge is 0.384 e. The molecule has 2 aliphatic rings. The predicted molar refractivity (Wildman–Crippen MR) is 83.9 cm³/mol. The molecule has 106 valence electrons. The summed E-state index contributed by atoms with van der Waals surface area (Å²) < 4.78 is 0. The van der Waals surface area contributed by atoms with Gasteiger partial charge < -0.3 is 10.3 Å². The molecule has 3 nitrogen and oxygen atoms in total. The van der Waals surface area contributed by atoms with E-state index in [1.165, 1.54) is 11.3 Å². The van der Waals surface area contributed by atoms with Gasteiger partial charge in [0.05, 0.1) is 12.4 Å². The third-order valence-electron chi connectivity index (χ3n) is 3.10. The molecular formula is C16H27N3. The maximum atomic E-state index is 3.84. The minimum absolute atomic E-state index is 0. The van der Waals surface area contributed by atoms with Gasteiger partial charge in [0.25, 0.3) is 0 Å². The van der Waals surface area contributed by atoms with E-state index in [0.29, 0.717) is 12.0 Å². The summed E-state index contributed by atoms with van der Waals surface area (Å²) in [5, 5.41) is 3.31. The van der Waals surface area contributed by atoms with Crippen LogP contribution < -0.4 is 5.32 Å². The van der Waals surface area contributed by atoms with Gasteiger partial charge in [0, 0.05) is 17.8 Å². The fraction of sp³-hybridized carbons (Fsp3) is 0.438. The lowest BCUT2D eigenvalue weighted by Crippen LogP contribution is -2.24. The average molecular weight is 261 g/mol. The van der Waals surface area contributed by atoms with Crippen LogP contribution in [0.1, 0.15) is 34.4 Å². The van der Waals surface area contributed by atoms with Gasteiger partial charge >= 0.3 is 0 Å². The minimum atomic E-state index is 0. The van der Waals surface area contributed by atoms with Crippen LogP contribution in [0.25, 0.3) is 0 Å². The lowest BCUT2D eigenvalue weighted by atomic mass is 9.92. The first-order valence-electron chi connectivity index (χ1n) is 6.06. The highest BCUT2D eigenvalue weighted by Crippen LogP contribution is 2.24. The van der Waals surface area contributed by atoms with Crippen LogP contribution in [0.15, 0.2) is 48.6 Å². The molecule has 19 heavy (non-hydrogen) atoms. The van der Waals surface area contributed by atoms with Crippen molar-refractivity contribution in [3.8, 4) is 0 Å². The van der Waals surface area contributed by atoms with Crippen molar-refractivity contribution in [2.24, 2.45) is 5.92 Å². The highest BCUT2D eigenvalue weighted by molar-refractivity contribution is 5.30. The van der Waals surface area contributed by atoms with E-state index in [0.717, 1.165) is 6.42 Å². The molecule has 3 heteroatoms. The molecule has 0 radical (unpaired) electrons. The number of fused-ring (bicyclic) bond motifs is 1. The quantitative estimate of drug-likeness (QED) is 0.806. The number of allylic oxidation sites excluding steroid dienone is 2. The van der Waals surface area contributed by atoms with Crippen molar-refractivity contribution >= 4 is 0 Å². The molecule has 0 spiro atoms. The standard InChI is InChI=1S/C9H11N.C5H8N2.2CH4/c1-7-6-10-9-5-3-2-4-8(7)9;1-2-5-3-6-4-7-5;;/h2-6,8-10H,1H3;3-4H,2H2,1H3,(H,6,7);2*1H4. The fourth-order valence-electron chi connectivity index (χ4n) is 2.00. The Hall–Kier alpha value is -1.77. The van der Waals surface area contributed by atoms with Crippen molar-refractivity contribution in [1.29, 1.82) is 0 Å². The van der Waals surface area contributed by atoms with Crippen molar-refractivity contribution in [3.63, 3.8) is 0 Å². The Kier molecular flexibility index (Phi) is 7.57. The van der Waals surface area contributed by atoms with Crippen LogP contribution in [0.4, 0.5) is 0 Å². The van der Waals surface area contributed by atoms with Crippen LogP contribution in [-0.4, -0.2) is 16.0 Å². The predicted octanol–water partition coefficient (Wildman–Crippen LogP) is 3.85. The number of aryl methyl sites for hydroxylation is 1. The zero-order valence-corrected chi connectivity index (χ0v) is 10.4. The van der Waals surface area contributed by atoms with Crippen LogP contribution >= 0.6 is 0 Å². The second-order valence-electron chi connectivity index (χ2n) is 4.31. The number of nitrogens with zero attached hydrogens (tertiary/aromatic N) is 1. The van der Waals surface area contributed by atoms with Crippen molar-refractivity contribution < 1.29 is 0 Å². The van der Waals surface area contributed by atoms with Gasteiger partial charge in [-0.2, -0.15) is 0 Å². The fourth-order valence-corrected chi connectivity index (χ4v) is 2.00. The van der Waals surface area contributed by atoms with Gasteiger partial charge in [0.15, 0.2) is 0 Å². The lowest BCUT2D eigenvalue weighted by Gasteiger charge is -2.16. The Morgan fingerprint density at radius 3 is 2.47 bits per heavy atom. The second-order valence-corrected chi connectivity index (χ2v) is 4.31. The van der Waals surface area contributed by atoms with Gasteiger partial charge in [0.1, 0.15) is 0 Å². The van der Waals surface area contributed by atoms with Gasteiger partial charge in [-0.3, -0.25) is 0 Å². The average Bonchev–Trinajstić information content (AvgIpc) is 3.01. The first-order valence-corrected chi connectivity index (χ1v) is 6.06. The molecule has 0 bridgehead atoms. The highest BCUT2D eigenvalue weighted by Gasteiger charge is 2.23. The number of rotatable bonds is 1. The topological polar surface area (TPSA) is 40.7 Å². The number of aromatic amines is 1. The number of hydrogen-bond donors (Lipinski definition) is 2. The summed E-state index contributed by atoms with van der Waals surface area (Å²) in [5.41, 5.74) is 2.63. The molecule has 1 aliphatic carbocycles. The molecule has 0 saturated carbocycles. The zero-order chi connectivity index (χ0) is 12.1. The van der Waals surface area contributed by atoms with Crippen LogP contribution in [0.2, 0.25) is 0 Å². The summed E-state index contributed by atoms with van der Waals surface area (Å²) in [6.45, 7) is 4.26. The van der Waals surface area contributed by atoms with E-state index in [1.54, 1.807) is 6.33 Å². The molecule has 2 heterocycles. The van der Waals surface area contributed by atoms with E-state index in [9.17, 15) is 0 Å². The smallest absolute Gasteiger partial charge is 0.0921 e. The molecule has 2 atom stereocenters. The number of hydrogen-bond acceptors (Lipinski definition) is 2. The minimum Gasteiger partial charge on any atom is -0.384 e. The lowest BCUT2D eigenvalue weighted by molar-refractivity contribution is 0.632. The molecule has 1 aromatic rings. The molecule has 0 amide bonds. The number of imidazole rings is 1. The van der Waals surface area contributed by atoms with E-state index >= 15 is 0 Å². The van der Waals surface area contributed by atoms with E-state index in [1.807, 2.05) is 6.20 Å². The molecule has 1 aromatic heterocycles. The van der Waals surface area contributed by atoms with E-state index in [-0.39, 0.29) is 14.9 Å². The van der Waals surface area contributed by atoms with Crippen LogP contribution in [0.5, 0.6) is 0 Å². The van der Waals surface area contributed by atoms with Crippen LogP contribution in [0.3, 0.4) is 0 Å². The third kappa shape index (κ3) is 4.43. The Balaban J connectivity index is 0.000000325. The summed E-state index contributed by atoms with van der Waals surface area (Å²) in [5.74, 6) is 0.616. The van der Waals surface area contributed by atoms with Crippen molar-refractivity contribution in [2.45, 2.75) is 41.2 Å². The van der Waals surface area contributed by atoms with Crippen molar-refractivity contribution in [2.75, 3.05) is 0 Å². The van der Waals surface area contributed by atoms with Crippen LogP contribution in [0, 0.1) is 5.92 Å². The maximum Gasteiger partial charge on any atom is 0.0921 e. The van der Waals surface area contributed by atoms with Gasteiger partial charge in [-0.05, 0) is 25.1 Å².